The minimum absolute atomic E-state index is 0.269. The van der Waals surface area contributed by atoms with Crippen molar-refractivity contribution in [3.63, 3.8) is 0 Å². The molecule has 3 rings (SSSR count). The Bertz CT molecular complexity index is 341. The van der Waals surface area contributed by atoms with Crippen molar-refractivity contribution in [1.82, 2.24) is 15.5 Å². The van der Waals surface area contributed by atoms with E-state index in [0.717, 1.165) is 50.7 Å². The highest BCUT2D eigenvalue weighted by Crippen LogP contribution is 2.26. The van der Waals surface area contributed by atoms with Crippen molar-refractivity contribution < 1.29 is 9.26 Å². The van der Waals surface area contributed by atoms with Crippen molar-refractivity contribution in [2.75, 3.05) is 19.8 Å². The van der Waals surface area contributed by atoms with Crippen LogP contribution in [0.1, 0.15) is 49.4 Å². The molecule has 5 nitrogen and oxygen atoms in total. The fourth-order valence-electron chi connectivity index (χ4n) is 2.39. The Morgan fingerprint density at radius 2 is 2.25 bits per heavy atom. The minimum atomic E-state index is 0.269. The zero-order chi connectivity index (χ0) is 10.8. The molecule has 3 heterocycles. The molecule has 2 aliphatic heterocycles. The second-order valence-corrected chi connectivity index (χ2v) is 4.55. The van der Waals surface area contributed by atoms with E-state index in [9.17, 15) is 0 Å². The summed E-state index contributed by atoms with van der Waals surface area (Å²) in [5, 5.41) is 7.44. The van der Waals surface area contributed by atoms with E-state index in [4.69, 9.17) is 9.26 Å². The Kier molecular flexibility index (Phi) is 2.88. The van der Waals surface area contributed by atoms with Crippen LogP contribution in [0.25, 0.3) is 0 Å². The monoisotopic (exact) mass is 223 g/mol. The lowest BCUT2D eigenvalue weighted by molar-refractivity contribution is 0.0773. The Balaban J connectivity index is 1.71. The van der Waals surface area contributed by atoms with Crippen LogP contribution in [0.2, 0.25) is 0 Å². The van der Waals surface area contributed by atoms with E-state index < -0.39 is 0 Å². The molecule has 2 saturated heterocycles. The van der Waals surface area contributed by atoms with Crippen molar-refractivity contribution in [3.05, 3.63) is 11.7 Å². The van der Waals surface area contributed by atoms with Crippen LogP contribution in [0, 0.1) is 0 Å². The quantitative estimate of drug-likeness (QED) is 0.821. The van der Waals surface area contributed by atoms with Gasteiger partial charge in [0.1, 0.15) is 0 Å². The fourth-order valence-corrected chi connectivity index (χ4v) is 2.39. The molecule has 2 atom stereocenters. The molecular weight excluding hydrogens is 206 g/mol. The number of rotatable bonds is 2. The number of aromatic nitrogens is 2. The number of nitrogens with one attached hydrogen (secondary N) is 1. The third-order valence-corrected chi connectivity index (χ3v) is 3.34. The van der Waals surface area contributed by atoms with Crippen molar-refractivity contribution in [3.8, 4) is 0 Å². The van der Waals surface area contributed by atoms with Gasteiger partial charge in [-0.25, -0.2) is 0 Å². The van der Waals surface area contributed by atoms with Crippen molar-refractivity contribution in [2.45, 2.75) is 37.6 Å². The lowest BCUT2D eigenvalue weighted by Crippen LogP contribution is -2.17. The molecule has 88 valence electrons. The first kappa shape index (κ1) is 10.2. The maximum absolute atomic E-state index is 5.43. The predicted molar refractivity (Wildman–Crippen MR) is 57.1 cm³/mol. The van der Waals surface area contributed by atoms with E-state index >= 15 is 0 Å². The van der Waals surface area contributed by atoms with Crippen LogP contribution < -0.4 is 5.32 Å². The van der Waals surface area contributed by atoms with Crippen LogP contribution in [0.15, 0.2) is 4.52 Å². The van der Waals surface area contributed by atoms with Gasteiger partial charge in [0.2, 0.25) is 5.89 Å². The molecule has 1 unspecified atom stereocenters. The Hall–Kier alpha value is -0.940. The van der Waals surface area contributed by atoms with Crippen molar-refractivity contribution in [2.24, 2.45) is 0 Å². The largest absolute Gasteiger partial charge is 0.381 e. The van der Waals surface area contributed by atoms with E-state index in [1.54, 1.807) is 0 Å². The first-order valence-corrected chi connectivity index (χ1v) is 6.08. The van der Waals surface area contributed by atoms with Gasteiger partial charge in [0.15, 0.2) is 5.82 Å². The molecule has 16 heavy (non-hydrogen) atoms. The number of ether oxygens (including phenoxy) is 1. The molecule has 1 aromatic heterocycles. The zero-order valence-corrected chi connectivity index (χ0v) is 9.32. The topological polar surface area (TPSA) is 60.2 Å². The summed E-state index contributed by atoms with van der Waals surface area (Å²) in [6.07, 6.45) is 4.49. The van der Waals surface area contributed by atoms with Crippen LogP contribution in [0.3, 0.4) is 0 Å². The van der Waals surface area contributed by atoms with Crippen LogP contribution in [-0.2, 0) is 4.74 Å². The van der Waals surface area contributed by atoms with Crippen LogP contribution >= 0.6 is 0 Å². The molecule has 0 radical (unpaired) electrons. The standard InChI is InChI=1S/C11H17N3O2/c1-4-9(12-5-1)11-13-10(14-16-11)8-3-2-6-15-7-8/h8-9,12H,1-7H2/t8?,9-/m0/s1. The number of nitrogens with zero attached hydrogens (tertiary/aromatic N) is 2. The summed E-state index contributed by atoms with van der Waals surface area (Å²) in [5.41, 5.74) is 0. The Labute approximate surface area is 94.6 Å². The molecule has 5 heteroatoms. The van der Waals surface area contributed by atoms with Gasteiger partial charge in [-0.2, -0.15) is 4.98 Å². The molecule has 0 bridgehead atoms. The molecule has 1 aromatic rings. The Morgan fingerprint density at radius 1 is 1.25 bits per heavy atom. The van der Waals surface area contributed by atoms with E-state index in [1.807, 2.05) is 0 Å². The minimum Gasteiger partial charge on any atom is -0.381 e. The van der Waals surface area contributed by atoms with Gasteiger partial charge in [-0.1, -0.05) is 5.16 Å². The third-order valence-electron chi connectivity index (χ3n) is 3.34. The van der Waals surface area contributed by atoms with E-state index in [-0.39, 0.29) is 6.04 Å². The second-order valence-electron chi connectivity index (χ2n) is 4.55. The molecule has 0 amide bonds. The first-order chi connectivity index (χ1) is 7.93. The summed E-state index contributed by atoms with van der Waals surface area (Å²) in [6, 6.07) is 0.269. The smallest absolute Gasteiger partial charge is 0.243 e. The van der Waals surface area contributed by atoms with Gasteiger partial charge >= 0.3 is 0 Å². The van der Waals surface area contributed by atoms with Gasteiger partial charge in [0, 0.05) is 12.5 Å². The van der Waals surface area contributed by atoms with Gasteiger partial charge < -0.3 is 14.6 Å². The molecule has 0 aromatic carbocycles. The van der Waals surface area contributed by atoms with Gasteiger partial charge in [-0.15, -0.1) is 0 Å². The van der Waals surface area contributed by atoms with Gasteiger partial charge in [0.05, 0.1) is 12.6 Å². The average Bonchev–Trinajstić information content (AvgIpc) is 3.01. The molecule has 0 spiro atoms. The third kappa shape index (κ3) is 1.97. The van der Waals surface area contributed by atoms with Gasteiger partial charge in [0.25, 0.3) is 0 Å². The SMILES string of the molecule is C1COCC(c2noc([C@@H]3CCCN3)n2)C1. The normalized spacial score (nSPS) is 30.8. The highest BCUT2D eigenvalue weighted by molar-refractivity contribution is 5.00. The summed E-state index contributed by atoms with van der Waals surface area (Å²) >= 11 is 0. The summed E-state index contributed by atoms with van der Waals surface area (Å²) in [7, 11) is 0. The van der Waals surface area contributed by atoms with Crippen molar-refractivity contribution >= 4 is 0 Å². The molecule has 1 N–H and O–H groups in total. The Morgan fingerprint density at radius 3 is 3.00 bits per heavy atom. The highest BCUT2D eigenvalue weighted by Gasteiger charge is 2.26. The summed E-state index contributed by atoms with van der Waals surface area (Å²) in [4.78, 5) is 4.50. The average molecular weight is 223 g/mol. The lowest BCUT2D eigenvalue weighted by Gasteiger charge is -2.18. The van der Waals surface area contributed by atoms with E-state index in [2.05, 4.69) is 15.5 Å². The van der Waals surface area contributed by atoms with Crippen LogP contribution in [0.4, 0.5) is 0 Å². The first-order valence-electron chi connectivity index (χ1n) is 6.08. The molecule has 0 aliphatic carbocycles. The maximum atomic E-state index is 5.43. The number of hydrogen-bond acceptors (Lipinski definition) is 5. The fraction of sp³-hybridized carbons (Fsp3) is 0.818. The van der Waals surface area contributed by atoms with Gasteiger partial charge in [-0.3, -0.25) is 0 Å². The zero-order valence-electron chi connectivity index (χ0n) is 9.32. The molecule has 2 fully saturated rings. The highest BCUT2D eigenvalue weighted by atomic mass is 16.5. The van der Waals surface area contributed by atoms with Crippen LogP contribution in [0.5, 0.6) is 0 Å². The summed E-state index contributed by atoms with van der Waals surface area (Å²) in [6.45, 7) is 2.65. The maximum Gasteiger partial charge on any atom is 0.243 e. The number of hydrogen-bond donors (Lipinski definition) is 1. The molecular formula is C11H17N3O2. The predicted octanol–water partition coefficient (Wildman–Crippen LogP) is 1.39. The van der Waals surface area contributed by atoms with Crippen molar-refractivity contribution in [1.29, 1.82) is 0 Å². The second kappa shape index (κ2) is 4.51. The lowest BCUT2D eigenvalue weighted by atomic mass is 10.0. The van der Waals surface area contributed by atoms with Crippen LogP contribution in [-0.4, -0.2) is 29.9 Å². The molecule has 0 saturated carbocycles. The van der Waals surface area contributed by atoms with E-state index in [0.29, 0.717) is 5.92 Å². The summed E-state index contributed by atoms with van der Waals surface area (Å²) in [5.74, 6) is 1.90. The van der Waals surface area contributed by atoms with Gasteiger partial charge in [-0.05, 0) is 32.2 Å². The molecule has 2 aliphatic rings. The summed E-state index contributed by atoms with van der Waals surface area (Å²) < 4.78 is 10.8. The van der Waals surface area contributed by atoms with E-state index in [1.165, 1.54) is 6.42 Å².